The van der Waals surface area contributed by atoms with E-state index in [-0.39, 0.29) is 0 Å². The number of nitrogens with zero attached hydrogens (tertiary/aromatic N) is 2. The summed E-state index contributed by atoms with van der Waals surface area (Å²) < 4.78 is 5.27. The van der Waals surface area contributed by atoms with E-state index >= 15 is 0 Å². The van der Waals surface area contributed by atoms with Gasteiger partial charge in [-0.2, -0.15) is 0 Å². The fourth-order valence-electron chi connectivity index (χ4n) is 2.98. The molecule has 142 valence electrons. The van der Waals surface area contributed by atoms with Crippen molar-refractivity contribution in [2.24, 2.45) is 0 Å². The molecule has 4 rings (SSSR count). The number of carbonyl (C=O) groups is 3. The Morgan fingerprint density at radius 1 is 0.862 bits per heavy atom. The van der Waals surface area contributed by atoms with E-state index < -0.39 is 24.3 Å². The lowest BCUT2D eigenvalue weighted by atomic mass is 10.1. The molecule has 0 bridgehead atoms. The van der Waals surface area contributed by atoms with Crippen molar-refractivity contribution in [3.05, 3.63) is 95.3 Å². The predicted molar refractivity (Wildman–Crippen MR) is 107 cm³/mol. The van der Waals surface area contributed by atoms with Gasteiger partial charge in [0.15, 0.2) is 0 Å². The third-order valence-corrected chi connectivity index (χ3v) is 4.41. The van der Waals surface area contributed by atoms with Crippen LogP contribution >= 0.6 is 0 Å². The van der Waals surface area contributed by atoms with Gasteiger partial charge in [-0.1, -0.05) is 36.4 Å². The lowest BCUT2D eigenvalue weighted by molar-refractivity contribution is -0.134. The van der Waals surface area contributed by atoms with Crippen LogP contribution in [0.5, 0.6) is 5.75 Å². The third kappa shape index (κ3) is 3.96. The SMILES string of the molecule is O=C(CN1C(=O)c2ccccc2C1=O)Oc1ccc(/C=C/c2ccccn2)cc1. The molecule has 0 N–H and O–H groups in total. The second-order valence-electron chi connectivity index (χ2n) is 6.37. The van der Waals surface area contributed by atoms with Crippen LogP contribution in [-0.4, -0.2) is 34.2 Å². The highest BCUT2D eigenvalue weighted by atomic mass is 16.5. The van der Waals surface area contributed by atoms with E-state index in [1.165, 1.54) is 0 Å². The van der Waals surface area contributed by atoms with E-state index in [0.29, 0.717) is 16.9 Å². The molecular formula is C23H16N2O4. The highest BCUT2D eigenvalue weighted by molar-refractivity contribution is 6.22. The normalized spacial score (nSPS) is 13.0. The molecule has 1 aliphatic heterocycles. The molecule has 1 aromatic heterocycles. The van der Waals surface area contributed by atoms with Gasteiger partial charge in [-0.05, 0) is 48.0 Å². The Bertz CT molecular complexity index is 1070. The van der Waals surface area contributed by atoms with Crippen molar-refractivity contribution in [1.29, 1.82) is 0 Å². The van der Waals surface area contributed by atoms with E-state index in [1.807, 2.05) is 30.4 Å². The van der Waals surface area contributed by atoms with Gasteiger partial charge in [0.2, 0.25) is 0 Å². The summed E-state index contributed by atoms with van der Waals surface area (Å²) in [6.45, 7) is -0.437. The third-order valence-electron chi connectivity index (χ3n) is 4.41. The van der Waals surface area contributed by atoms with Crippen LogP contribution < -0.4 is 4.74 Å². The lowest BCUT2D eigenvalue weighted by Gasteiger charge is -2.12. The lowest BCUT2D eigenvalue weighted by Crippen LogP contribution is -2.36. The van der Waals surface area contributed by atoms with Gasteiger partial charge in [-0.15, -0.1) is 0 Å². The maximum absolute atomic E-state index is 12.3. The molecule has 2 heterocycles. The molecule has 0 spiro atoms. The van der Waals surface area contributed by atoms with Crippen molar-refractivity contribution >= 4 is 29.9 Å². The molecule has 3 aromatic rings. The van der Waals surface area contributed by atoms with E-state index in [9.17, 15) is 14.4 Å². The minimum atomic E-state index is -0.684. The van der Waals surface area contributed by atoms with Crippen LogP contribution in [0.1, 0.15) is 32.0 Å². The van der Waals surface area contributed by atoms with Crippen LogP contribution in [-0.2, 0) is 4.79 Å². The number of amides is 2. The zero-order chi connectivity index (χ0) is 20.2. The van der Waals surface area contributed by atoms with Crippen LogP contribution in [0.3, 0.4) is 0 Å². The van der Waals surface area contributed by atoms with Gasteiger partial charge in [0.1, 0.15) is 12.3 Å². The number of rotatable bonds is 5. The fraction of sp³-hybridized carbons (Fsp3) is 0.0435. The molecule has 0 fully saturated rings. The largest absolute Gasteiger partial charge is 0.425 e. The van der Waals surface area contributed by atoms with Gasteiger partial charge in [0.25, 0.3) is 11.8 Å². The molecule has 29 heavy (non-hydrogen) atoms. The number of imide groups is 1. The van der Waals surface area contributed by atoms with Crippen LogP contribution in [0, 0.1) is 0 Å². The summed E-state index contributed by atoms with van der Waals surface area (Å²) in [7, 11) is 0. The smallest absolute Gasteiger partial charge is 0.331 e. The van der Waals surface area contributed by atoms with Crippen molar-refractivity contribution in [3.63, 3.8) is 0 Å². The highest BCUT2D eigenvalue weighted by Crippen LogP contribution is 2.22. The second kappa shape index (κ2) is 7.90. The number of aromatic nitrogens is 1. The van der Waals surface area contributed by atoms with Crippen LogP contribution in [0.2, 0.25) is 0 Å². The Hall–Kier alpha value is -4.06. The van der Waals surface area contributed by atoms with Gasteiger partial charge < -0.3 is 4.74 Å². The zero-order valence-electron chi connectivity index (χ0n) is 15.3. The van der Waals surface area contributed by atoms with Crippen molar-refractivity contribution in [2.45, 2.75) is 0 Å². The first kappa shape index (κ1) is 18.3. The van der Waals surface area contributed by atoms with E-state index in [1.54, 1.807) is 54.7 Å². The first-order chi connectivity index (χ1) is 14.1. The molecule has 0 saturated heterocycles. The summed E-state index contributed by atoms with van der Waals surface area (Å²) in [5.74, 6) is -1.33. The van der Waals surface area contributed by atoms with Gasteiger partial charge in [0, 0.05) is 6.20 Å². The Morgan fingerprint density at radius 3 is 2.14 bits per heavy atom. The summed E-state index contributed by atoms with van der Waals surface area (Å²) in [4.78, 5) is 42.0. The summed E-state index contributed by atoms with van der Waals surface area (Å²) in [5, 5.41) is 0. The molecule has 2 aromatic carbocycles. The summed E-state index contributed by atoms with van der Waals surface area (Å²) in [6, 6.07) is 19.0. The molecule has 0 atom stereocenters. The number of ether oxygens (including phenoxy) is 1. The van der Waals surface area contributed by atoms with Gasteiger partial charge in [0.05, 0.1) is 16.8 Å². The van der Waals surface area contributed by atoms with E-state index in [0.717, 1.165) is 16.2 Å². The van der Waals surface area contributed by atoms with Crippen molar-refractivity contribution in [2.75, 3.05) is 6.54 Å². The average Bonchev–Trinajstić information content (AvgIpc) is 2.99. The molecule has 0 aliphatic carbocycles. The molecule has 0 radical (unpaired) electrons. The second-order valence-corrected chi connectivity index (χ2v) is 6.37. The minimum absolute atomic E-state index is 0.300. The van der Waals surface area contributed by atoms with Crippen LogP contribution in [0.4, 0.5) is 0 Å². The standard InChI is InChI=1S/C23H16N2O4/c26-21(15-25-22(27)19-6-1-2-7-20(19)23(25)28)29-18-12-9-16(10-13-18)8-11-17-5-3-4-14-24-17/h1-14H,15H2/b11-8+. The number of benzene rings is 2. The topological polar surface area (TPSA) is 76.6 Å². The van der Waals surface area contributed by atoms with Gasteiger partial charge in [-0.3, -0.25) is 19.5 Å². The van der Waals surface area contributed by atoms with E-state index in [4.69, 9.17) is 4.74 Å². The fourth-order valence-corrected chi connectivity index (χ4v) is 2.98. The number of hydrogen-bond acceptors (Lipinski definition) is 5. The molecule has 6 heteroatoms. The average molecular weight is 384 g/mol. The first-order valence-electron chi connectivity index (χ1n) is 8.97. The highest BCUT2D eigenvalue weighted by Gasteiger charge is 2.36. The number of pyridine rings is 1. The van der Waals surface area contributed by atoms with Crippen molar-refractivity contribution in [3.8, 4) is 5.75 Å². The molecule has 1 aliphatic rings. The Balaban J connectivity index is 1.37. The van der Waals surface area contributed by atoms with Gasteiger partial charge >= 0.3 is 5.97 Å². The van der Waals surface area contributed by atoms with E-state index in [2.05, 4.69) is 4.98 Å². The van der Waals surface area contributed by atoms with Crippen LogP contribution in [0.25, 0.3) is 12.2 Å². The van der Waals surface area contributed by atoms with Crippen LogP contribution in [0.15, 0.2) is 72.9 Å². The Morgan fingerprint density at radius 2 is 1.52 bits per heavy atom. The molecule has 0 saturated carbocycles. The van der Waals surface area contributed by atoms with Crippen molar-refractivity contribution < 1.29 is 19.1 Å². The molecule has 6 nitrogen and oxygen atoms in total. The molecule has 2 amide bonds. The Labute approximate surface area is 167 Å². The molecule has 0 unspecified atom stereocenters. The van der Waals surface area contributed by atoms with Gasteiger partial charge in [-0.25, -0.2) is 4.79 Å². The minimum Gasteiger partial charge on any atom is -0.425 e. The maximum atomic E-state index is 12.3. The summed E-state index contributed by atoms with van der Waals surface area (Å²) in [5.41, 5.74) is 2.35. The maximum Gasteiger partial charge on any atom is 0.331 e. The predicted octanol–water partition coefficient (Wildman–Crippen LogP) is 3.45. The Kier molecular flexibility index (Phi) is 4.99. The quantitative estimate of drug-likeness (QED) is 0.383. The number of fused-ring (bicyclic) bond motifs is 1. The summed E-state index contributed by atoms with van der Waals surface area (Å²) >= 11 is 0. The summed E-state index contributed by atoms with van der Waals surface area (Å²) in [6.07, 6.45) is 5.49. The number of hydrogen-bond donors (Lipinski definition) is 0. The monoisotopic (exact) mass is 384 g/mol. The first-order valence-corrected chi connectivity index (χ1v) is 8.97. The molecular weight excluding hydrogens is 368 g/mol. The zero-order valence-corrected chi connectivity index (χ0v) is 15.3. The number of esters is 1. The van der Waals surface area contributed by atoms with Crippen molar-refractivity contribution in [1.82, 2.24) is 9.88 Å². The number of carbonyl (C=O) groups excluding carboxylic acids is 3.